The summed E-state index contributed by atoms with van der Waals surface area (Å²) in [6.07, 6.45) is 8.61. The van der Waals surface area contributed by atoms with Gasteiger partial charge in [0.15, 0.2) is 0 Å². The van der Waals surface area contributed by atoms with Crippen LogP contribution in [0.4, 0.5) is 5.69 Å². The van der Waals surface area contributed by atoms with Gasteiger partial charge in [-0.2, -0.15) is 0 Å². The fourth-order valence-corrected chi connectivity index (χ4v) is 3.24. The number of aryl methyl sites for hydroxylation is 1. The maximum Gasteiger partial charge on any atom is 0.224 e. The third kappa shape index (κ3) is 4.38. The second-order valence-corrected chi connectivity index (χ2v) is 6.33. The molecule has 0 spiro atoms. The van der Waals surface area contributed by atoms with Crippen molar-refractivity contribution in [2.75, 3.05) is 5.32 Å². The van der Waals surface area contributed by atoms with Crippen molar-refractivity contribution in [1.29, 1.82) is 0 Å². The van der Waals surface area contributed by atoms with Crippen molar-refractivity contribution < 1.29 is 4.79 Å². The van der Waals surface area contributed by atoms with E-state index in [0.29, 0.717) is 12.3 Å². The molecule has 120 valence electrons. The second-order valence-electron chi connectivity index (χ2n) is 6.33. The maximum absolute atomic E-state index is 12.2. The summed E-state index contributed by atoms with van der Waals surface area (Å²) in [5.74, 6) is 1.42. The van der Waals surface area contributed by atoms with Crippen LogP contribution < -0.4 is 5.32 Å². The van der Waals surface area contributed by atoms with Gasteiger partial charge in [-0.05, 0) is 43.9 Å². The summed E-state index contributed by atoms with van der Waals surface area (Å²) in [6, 6.07) is 9.73. The summed E-state index contributed by atoms with van der Waals surface area (Å²) in [6.45, 7) is 1.87. The molecule has 1 aromatic heterocycles. The van der Waals surface area contributed by atoms with Crippen molar-refractivity contribution >= 4 is 11.6 Å². The van der Waals surface area contributed by atoms with Crippen molar-refractivity contribution in [3.8, 4) is 11.3 Å². The number of carbonyl (C=O) groups is 1. The molecule has 1 saturated carbocycles. The van der Waals surface area contributed by atoms with Gasteiger partial charge in [0.05, 0.1) is 5.69 Å². The van der Waals surface area contributed by atoms with Gasteiger partial charge in [0.2, 0.25) is 5.91 Å². The Morgan fingerprint density at radius 3 is 2.83 bits per heavy atom. The monoisotopic (exact) mass is 309 g/mol. The Balaban J connectivity index is 1.66. The van der Waals surface area contributed by atoms with E-state index < -0.39 is 0 Å². The zero-order valence-corrected chi connectivity index (χ0v) is 13.6. The number of hydrogen-bond donors (Lipinski definition) is 1. The minimum Gasteiger partial charge on any atom is -0.326 e. The van der Waals surface area contributed by atoms with Crippen molar-refractivity contribution in [3.63, 3.8) is 0 Å². The van der Waals surface area contributed by atoms with E-state index >= 15 is 0 Å². The van der Waals surface area contributed by atoms with Gasteiger partial charge in [0, 0.05) is 23.9 Å². The molecular weight excluding hydrogens is 286 g/mol. The van der Waals surface area contributed by atoms with Gasteiger partial charge in [-0.25, -0.2) is 9.97 Å². The number of benzene rings is 1. The lowest BCUT2D eigenvalue weighted by Gasteiger charge is -2.20. The van der Waals surface area contributed by atoms with Gasteiger partial charge in [-0.3, -0.25) is 4.79 Å². The summed E-state index contributed by atoms with van der Waals surface area (Å²) < 4.78 is 0. The van der Waals surface area contributed by atoms with Crippen LogP contribution in [0.3, 0.4) is 0 Å². The minimum absolute atomic E-state index is 0.118. The Hall–Kier alpha value is -2.23. The third-order valence-corrected chi connectivity index (χ3v) is 4.42. The highest BCUT2D eigenvalue weighted by Crippen LogP contribution is 2.27. The van der Waals surface area contributed by atoms with Gasteiger partial charge in [0.1, 0.15) is 5.82 Å². The third-order valence-electron chi connectivity index (χ3n) is 4.42. The molecular formula is C19H23N3O. The number of rotatable bonds is 4. The molecule has 2 aromatic rings. The number of carbonyl (C=O) groups excluding carboxylic acids is 1. The molecule has 1 aliphatic rings. The number of nitrogens with zero attached hydrogens (tertiary/aromatic N) is 2. The molecule has 1 N–H and O–H groups in total. The molecule has 4 heteroatoms. The van der Waals surface area contributed by atoms with Crippen LogP contribution in [-0.2, 0) is 4.79 Å². The number of aromatic nitrogens is 2. The molecule has 4 nitrogen and oxygen atoms in total. The van der Waals surface area contributed by atoms with Gasteiger partial charge < -0.3 is 5.32 Å². The molecule has 0 saturated heterocycles. The number of anilines is 1. The van der Waals surface area contributed by atoms with E-state index in [0.717, 1.165) is 22.8 Å². The Bertz CT molecular complexity index is 678. The maximum atomic E-state index is 12.2. The molecule has 1 heterocycles. The van der Waals surface area contributed by atoms with E-state index in [2.05, 4.69) is 15.3 Å². The lowest BCUT2D eigenvalue weighted by molar-refractivity contribution is -0.117. The first-order valence-electron chi connectivity index (χ1n) is 8.40. The normalized spacial score (nSPS) is 15.3. The zero-order valence-electron chi connectivity index (χ0n) is 13.6. The molecule has 1 aliphatic carbocycles. The predicted molar refractivity (Wildman–Crippen MR) is 92.0 cm³/mol. The standard InChI is InChI=1S/C19H23N3O/c1-14-20-11-10-18(21-14)16-8-5-9-17(13-16)22-19(23)12-15-6-3-2-4-7-15/h5,8-11,13,15H,2-4,6-7,12H2,1H3,(H,22,23). The van der Waals surface area contributed by atoms with Crippen LogP contribution in [0, 0.1) is 12.8 Å². The highest BCUT2D eigenvalue weighted by Gasteiger charge is 2.17. The van der Waals surface area contributed by atoms with E-state index in [1.165, 1.54) is 32.1 Å². The Labute approximate surface area is 137 Å². The Morgan fingerprint density at radius 1 is 1.22 bits per heavy atom. The average Bonchev–Trinajstić information content (AvgIpc) is 2.56. The first-order chi connectivity index (χ1) is 11.2. The quantitative estimate of drug-likeness (QED) is 0.913. The fourth-order valence-electron chi connectivity index (χ4n) is 3.24. The molecule has 1 fully saturated rings. The molecule has 0 unspecified atom stereocenters. The van der Waals surface area contributed by atoms with E-state index in [4.69, 9.17) is 0 Å². The second kappa shape index (κ2) is 7.36. The highest BCUT2D eigenvalue weighted by molar-refractivity contribution is 5.91. The van der Waals surface area contributed by atoms with E-state index in [1.807, 2.05) is 37.3 Å². The fraction of sp³-hybridized carbons (Fsp3) is 0.421. The Kier molecular flexibility index (Phi) is 5.01. The smallest absolute Gasteiger partial charge is 0.224 e. The van der Waals surface area contributed by atoms with Crippen molar-refractivity contribution in [2.45, 2.75) is 45.4 Å². The molecule has 3 rings (SSSR count). The van der Waals surface area contributed by atoms with Gasteiger partial charge >= 0.3 is 0 Å². The van der Waals surface area contributed by atoms with Crippen LogP contribution >= 0.6 is 0 Å². The summed E-state index contributed by atoms with van der Waals surface area (Å²) in [4.78, 5) is 20.8. The van der Waals surface area contributed by atoms with Gasteiger partial charge in [-0.15, -0.1) is 0 Å². The van der Waals surface area contributed by atoms with Crippen LogP contribution in [0.25, 0.3) is 11.3 Å². The van der Waals surface area contributed by atoms with Crippen LogP contribution in [0.2, 0.25) is 0 Å². The largest absolute Gasteiger partial charge is 0.326 e. The van der Waals surface area contributed by atoms with Gasteiger partial charge in [0.25, 0.3) is 0 Å². The SMILES string of the molecule is Cc1nccc(-c2cccc(NC(=O)CC3CCCCC3)c2)n1. The topological polar surface area (TPSA) is 54.9 Å². The van der Waals surface area contributed by atoms with Crippen LogP contribution in [0.1, 0.15) is 44.3 Å². The van der Waals surface area contributed by atoms with Crippen LogP contribution in [0.5, 0.6) is 0 Å². The summed E-state index contributed by atoms with van der Waals surface area (Å²) in [5.41, 5.74) is 2.70. The zero-order chi connectivity index (χ0) is 16.1. The first kappa shape index (κ1) is 15.7. The number of nitrogens with one attached hydrogen (secondary N) is 1. The molecule has 0 atom stereocenters. The van der Waals surface area contributed by atoms with Crippen LogP contribution in [0.15, 0.2) is 36.5 Å². The molecule has 0 aliphatic heterocycles. The average molecular weight is 309 g/mol. The summed E-state index contributed by atoms with van der Waals surface area (Å²) in [5, 5.41) is 3.03. The molecule has 1 amide bonds. The molecule has 1 aromatic carbocycles. The van der Waals surface area contributed by atoms with E-state index in [9.17, 15) is 4.79 Å². The number of amides is 1. The van der Waals surface area contributed by atoms with E-state index in [-0.39, 0.29) is 5.91 Å². The van der Waals surface area contributed by atoms with Crippen molar-refractivity contribution in [2.24, 2.45) is 5.92 Å². The van der Waals surface area contributed by atoms with Crippen molar-refractivity contribution in [3.05, 3.63) is 42.4 Å². The number of hydrogen-bond acceptors (Lipinski definition) is 3. The first-order valence-corrected chi connectivity index (χ1v) is 8.40. The molecule has 0 radical (unpaired) electrons. The predicted octanol–water partition coefficient (Wildman–Crippen LogP) is 4.36. The highest BCUT2D eigenvalue weighted by atomic mass is 16.1. The summed E-state index contributed by atoms with van der Waals surface area (Å²) in [7, 11) is 0. The molecule has 23 heavy (non-hydrogen) atoms. The van der Waals surface area contributed by atoms with Crippen molar-refractivity contribution in [1.82, 2.24) is 9.97 Å². The molecule has 0 bridgehead atoms. The van der Waals surface area contributed by atoms with Gasteiger partial charge in [-0.1, -0.05) is 31.4 Å². The Morgan fingerprint density at radius 2 is 2.04 bits per heavy atom. The minimum atomic E-state index is 0.118. The summed E-state index contributed by atoms with van der Waals surface area (Å²) >= 11 is 0. The lowest BCUT2D eigenvalue weighted by Crippen LogP contribution is -2.18. The van der Waals surface area contributed by atoms with Crippen LogP contribution in [-0.4, -0.2) is 15.9 Å². The van der Waals surface area contributed by atoms with E-state index in [1.54, 1.807) is 6.20 Å². The lowest BCUT2D eigenvalue weighted by atomic mass is 9.87.